The maximum absolute atomic E-state index is 12.8. The summed E-state index contributed by atoms with van der Waals surface area (Å²) in [6.07, 6.45) is 0.919. The number of benzene rings is 2. The molecule has 3 rings (SSSR count). The Labute approximate surface area is 152 Å². The molecule has 0 saturated carbocycles. The molecule has 1 unspecified atom stereocenters. The number of hydrogen-bond donors (Lipinski definition) is 1. The lowest BCUT2D eigenvalue weighted by Crippen LogP contribution is -2.56. The second kappa shape index (κ2) is 6.67. The van der Waals surface area contributed by atoms with Gasteiger partial charge in [0.25, 0.3) is 0 Å². The van der Waals surface area contributed by atoms with Gasteiger partial charge in [-0.1, -0.05) is 54.6 Å². The molecule has 1 aliphatic carbocycles. The first-order valence-electron chi connectivity index (χ1n) is 8.35. The van der Waals surface area contributed by atoms with E-state index in [0.29, 0.717) is 0 Å². The van der Waals surface area contributed by atoms with Crippen LogP contribution in [0.5, 0.6) is 0 Å². The predicted molar refractivity (Wildman–Crippen MR) is 98.8 cm³/mol. The van der Waals surface area contributed by atoms with Gasteiger partial charge < -0.3 is 9.84 Å². The molecule has 0 spiro atoms. The van der Waals surface area contributed by atoms with Crippen molar-refractivity contribution >= 4 is 12.1 Å². The molecule has 1 aliphatic rings. The maximum Gasteiger partial charge on any atom is 0.411 e. The first-order chi connectivity index (χ1) is 12.5. The van der Waals surface area contributed by atoms with Crippen LogP contribution in [0.4, 0.5) is 4.79 Å². The molecule has 0 aliphatic heterocycles. The van der Waals surface area contributed by atoms with Crippen LogP contribution in [0.25, 0.3) is 11.1 Å². The monoisotopic (exact) mass is 351 g/mol. The van der Waals surface area contributed by atoms with Crippen LogP contribution in [0, 0.1) is 0 Å². The summed E-state index contributed by atoms with van der Waals surface area (Å²) >= 11 is 0. The Balaban J connectivity index is 2.27. The summed E-state index contributed by atoms with van der Waals surface area (Å²) < 4.78 is 4.99. The van der Waals surface area contributed by atoms with E-state index in [1.807, 2.05) is 48.5 Å². The number of rotatable bonds is 5. The van der Waals surface area contributed by atoms with Crippen molar-refractivity contribution in [2.75, 3.05) is 7.11 Å². The topological polar surface area (TPSA) is 66.8 Å². The maximum atomic E-state index is 12.8. The van der Waals surface area contributed by atoms with Crippen molar-refractivity contribution in [1.29, 1.82) is 0 Å². The van der Waals surface area contributed by atoms with E-state index in [-0.39, 0.29) is 6.42 Å². The molecular formula is C21H21NO4. The number of carboxylic acid groups (broad SMARTS) is 1. The number of carbonyl (C=O) groups excluding carboxylic acids is 1. The van der Waals surface area contributed by atoms with Crippen LogP contribution < -0.4 is 0 Å². The highest BCUT2D eigenvalue weighted by atomic mass is 16.5. The van der Waals surface area contributed by atoms with Crippen LogP contribution >= 0.6 is 0 Å². The van der Waals surface area contributed by atoms with Crippen molar-refractivity contribution in [1.82, 2.24) is 4.90 Å². The van der Waals surface area contributed by atoms with Crippen molar-refractivity contribution in [3.05, 3.63) is 72.3 Å². The summed E-state index contributed by atoms with van der Waals surface area (Å²) in [5.41, 5.74) is 2.26. The first kappa shape index (κ1) is 17.7. The molecule has 0 aromatic heterocycles. The molecule has 1 atom stereocenters. The Hall–Kier alpha value is -3.08. The van der Waals surface area contributed by atoms with Crippen LogP contribution in [0.1, 0.15) is 30.5 Å². The predicted octanol–water partition coefficient (Wildman–Crippen LogP) is 4.24. The van der Waals surface area contributed by atoms with E-state index in [4.69, 9.17) is 4.74 Å². The van der Waals surface area contributed by atoms with Gasteiger partial charge in [0.05, 0.1) is 13.2 Å². The van der Waals surface area contributed by atoms with Crippen molar-refractivity contribution in [3.63, 3.8) is 0 Å². The van der Waals surface area contributed by atoms with Crippen LogP contribution in [0.15, 0.2) is 61.2 Å². The molecule has 134 valence electrons. The van der Waals surface area contributed by atoms with E-state index in [1.165, 1.54) is 25.0 Å². The van der Waals surface area contributed by atoms with E-state index in [9.17, 15) is 14.7 Å². The van der Waals surface area contributed by atoms with Gasteiger partial charge in [-0.05, 0) is 35.6 Å². The van der Waals surface area contributed by atoms with E-state index in [0.717, 1.165) is 22.3 Å². The Morgan fingerprint density at radius 3 is 2.08 bits per heavy atom. The summed E-state index contributed by atoms with van der Waals surface area (Å²) in [5.74, 6) is -1.11. The Morgan fingerprint density at radius 1 is 1.15 bits per heavy atom. The second-order valence-electron chi connectivity index (χ2n) is 6.49. The SMILES string of the molecule is C=CCC(C)(C(=O)O)N(C(=O)OC)C1c2ccccc2-c2ccccc21. The molecule has 0 heterocycles. The number of carboxylic acids is 1. The van der Waals surface area contributed by atoms with E-state index < -0.39 is 23.6 Å². The van der Waals surface area contributed by atoms with Crippen molar-refractivity contribution in [3.8, 4) is 11.1 Å². The molecule has 2 aromatic carbocycles. The fourth-order valence-corrected chi connectivity index (χ4v) is 3.67. The lowest BCUT2D eigenvalue weighted by molar-refractivity contribution is -0.150. The zero-order chi connectivity index (χ0) is 18.9. The Kier molecular flexibility index (Phi) is 4.55. The fraction of sp³-hybridized carbons (Fsp3) is 0.238. The lowest BCUT2D eigenvalue weighted by Gasteiger charge is -2.41. The van der Waals surface area contributed by atoms with Gasteiger partial charge in [0.1, 0.15) is 5.54 Å². The van der Waals surface area contributed by atoms with Crippen molar-refractivity contribution in [2.45, 2.75) is 24.9 Å². The number of nitrogens with zero attached hydrogens (tertiary/aromatic N) is 1. The first-order valence-corrected chi connectivity index (χ1v) is 8.35. The summed E-state index contributed by atoms with van der Waals surface area (Å²) in [7, 11) is 1.26. The minimum absolute atomic E-state index is 0.0955. The van der Waals surface area contributed by atoms with Crippen molar-refractivity contribution < 1.29 is 19.4 Å². The van der Waals surface area contributed by atoms with Gasteiger partial charge in [-0.2, -0.15) is 0 Å². The van der Waals surface area contributed by atoms with Crippen molar-refractivity contribution in [2.24, 2.45) is 0 Å². The minimum atomic E-state index is -1.50. The molecule has 0 saturated heterocycles. The normalized spacial score (nSPS) is 14.7. The fourth-order valence-electron chi connectivity index (χ4n) is 3.67. The third-order valence-electron chi connectivity index (χ3n) is 4.96. The number of fused-ring (bicyclic) bond motifs is 3. The molecule has 1 N–H and O–H groups in total. The number of aliphatic carboxylic acids is 1. The van der Waals surface area contributed by atoms with E-state index >= 15 is 0 Å². The standard InChI is InChI=1S/C21H21NO4/c1-4-13-21(2,19(23)24)22(20(25)26-3)18-16-11-7-5-9-14(16)15-10-6-8-12-17(15)18/h4-12,18H,1,13H2,2-3H3,(H,23,24). The third-order valence-corrected chi connectivity index (χ3v) is 4.96. The van der Waals surface area contributed by atoms with Gasteiger partial charge in [0.2, 0.25) is 0 Å². The number of ether oxygens (including phenoxy) is 1. The summed E-state index contributed by atoms with van der Waals surface area (Å²) in [6.45, 7) is 5.19. The van der Waals surface area contributed by atoms with Crippen LogP contribution in [-0.2, 0) is 9.53 Å². The minimum Gasteiger partial charge on any atom is -0.479 e. The highest BCUT2D eigenvalue weighted by Gasteiger charge is 2.49. The summed E-state index contributed by atoms with van der Waals surface area (Å²) in [6, 6.07) is 14.9. The molecule has 1 amide bonds. The second-order valence-corrected chi connectivity index (χ2v) is 6.49. The Bertz CT molecular complexity index is 830. The average Bonchev–Trinajstić information content (AvgIpc) is 2.97. The van der Waals surface area contributed by atoms with Gasteiger partial charge in [-0.15, -0.1) is 6.58 Å². The molecule has 5 nitrogen and oxygen atoms in total. The van der Waals surface area contributed by atoms with Crippen LogP contribution in [0.3, 0.4) is 0 Å². The highest BCUT2D eigenvalue weighted by Crippen LogP contribution is 2.48. The van der Waals surface area contributed by atoms with E-state index in [1.54, 1.807) is 0 Å². The zero-order valence-electron chi connectivity index (χ0n) is 14.8. The van der Waals surface area contributed by atoms with Gasteiger partial charge in [0.15, 0.2) is 0 Å². The average molecular weight is 351 g/mol. The summed E-state index contributed by atoms with van der Waals surface area (Å²) in [4.78, 5) is 26.2. The smallest absolute Gasteiger partial charge is 0.411 e. The van der Waals surface area contributed by atoms with Gasteiger partial charge in [0, 0.05) is 0 Å². The number of methoxy groups -OCH3 is 1. The largest absolute Gasteiger partial charge is 0.479 e. The molecule has 26 heavy (non-hydrogen) atoms. The number of carbonyl (C=O) groups is 2. The van der Waals surface area contributed by atoms with Gasteiger partial charge in [-0.25, -0.2) is 9.59 Å². The van der Waals surface area contributed by atoms with Gasteiger partial charge in [-0.3, -0.25) is 4.90 Å². The highest BCUT2D eigenvalue weighted by molar-refractivity contribution is 5.87. The molecule has 0 fully saturated rings. The van der Waals surface area contributed by atoms with Crippen LogP contribution in [-0.4, -0.2) is 34.7 Å². The molecule has 0 radical (unpaired) electrons. The third kappa shape index (κ3) is 2.56. The van der Waals surface area contributed by atoms with Gasteiger partial charge >= 0.3 is 12.1 Å². The lowest BCUT2D eigenvalue weighted by atomic mass is 9.91. The quantitative estimate of drug-likeness (QED) is 0.818. The molecular weight excluding hydrogens is 330 g/mol. The molecule has 2 aromatic rings. The number of hydrogen-bond acceptors (Lipinski definition) is 3. The number of amides is 1. The zero-order valence-corrected chi connectivity index (χ0v) is 14.8. The molecule has 5 heteroatoms. The summed E-state index contributed by atoms with van der Waals surface area (Å²) in [5, 5.41) is 9.94. The molecule has 0 bridgehead atoms. The van der Waals surface area contributed by atoms with E-state index in [2.05, 4.69) is 6.58 Å². The van der Waals surface area contributed by atoms with Crippen LogP contribution in [0.2, 0.25) is 0 Å². The Morgan fingerprint density at radius 2 is 1.65 bits per heavy atom.